The van der Waals surface area contributed by atoms with Gasteiger partial charge in [0.15, 0.2) is 0 Å². The van der Waals surface area contributed by atoms with Crippen LogP contribution in [0.1, 0.15) is 161 Å². The number of aryl methyl sites for hydroxylation is 1. The van der Waals surface area contributed by atoms with E-state index < -0.39 is 0 Å². The lowest BCUT2D eigenvalue weighted by atomic mass is 9.63. The Morgan fingerprint density at radius 1 is 0.908 bits per heavy atom. The number of hydrogen-bond acceptors (Lipinski definition) is 8. The summed E-state index contributed by atoms with van der Waals surface area (Å²) in [5.41, 5.74) is 10.6. The van der Waals surface area contributed by atoms with E-state index in [2.05, 4.69) is 98.1 Å². The molecule has 0 bridgehead atoms. The Kier molecular flexibility index (Phi) is 11.4. The molecule has 3 amide bonds. The van der Waals surface area contributed by atoms with Gasteiger partial charge in [-0.25, -0.2) is 15.0 Å². The third kappa shape index (κ3) is 8.71. The average molecular weight is 874 g/mol. The van der Waals surface area contributed by atoms with Crippen LogP contribution < -0.4 is 15.5 Å². The van der Waals surface area contributed by atoms with Crippen molar-refractivity contribution in [2.24, 2.45) is 17.3 Å². The number of nitrogens with zero attached hydrogens (tertiary/aromatic N) is 4. The minimum Gasteiger partial charge on any atom is -0.441 e. The molecular formula is C54H63N7O4. The third-order valence-corrected chi connectivity index (χ3v) is 15.8. The zero-order chi connectivity index (χ0) is 45.0. The van der Waals surface area contributed by atoms with Crippen LogP contribution in [0, 0.1) is 24.2 Å². The van der Waals surface area contributed by atoms with Gasteiger partial charge in [-0.2, -0.15) is 0 Å². The van der Waals surface area contributed by atoms with E-state index in [4.69, 9.17) is 9.40 Å². The highest BCUT2D eigenvalue weighted by Gasteiger charge is 2.39. The summed E-state index contributed by atoms with van der Waals surface area (Å²) < 4.78 is 5.52. The van der Waals surface area contributed by atoms with E-state index in [0.29, 0.717) is 24.2 Å². The molecule has 11 heteroatoms. The summed E-state index contributed by atoms with van der Waals surface area (Å²) >= 11 is 0. The number of H-pyrrole nitrogens is 1. The number of piperidine rings is 2. The van der Waals surface area contributed by atoms with Gasteiger partial charge in [-0.3, -0.25) is 19.7 Å². The number of aromatic nitrogens is 4. The largest absolute Gasteiger partial charge is 0.441 e. The maximum Gasteiger partial charge on any atom is 0.307 e. The number of nitrogens with one attached hydrogen (secondary N) is 3. The first-order chi connectivity index (χ1) is 31.3. The quantitative estimate of drug-likeness (QED) is 0.115. The van der Waals surface area contributed by atoms with Crippen molar-refractivity contribution in [3.8, 4) is 11.3 Å². The van der Waals surface area contributed by atoms with Crippen molar-refractivity contribution in [1.82, 2.24) is 30.6 Å². The molecule has 0 unspecified atom stereocenters. The zero-order valence-corrected chi connectivity index (χ0v) is 38.6. The molecule has 3 aromatic carbocycles. The number of imide groups is 1. The molecule has 10 rings (SSSR count). The minimum atomic E-state index is -0.333. The molecule has 0 radical (unpaired) electrons. The van der Waals surface area contributed by atoms with Crippen LogP contribution in [0.4, 0.5) is 5.69 Å². The lowest BCUT2D eigenvalue weighted by Gasteiger charge is -2.47. The highest BCUT2D eigenvalue weighted by atomic mass is 16.4. The molecule has 6 aromatic rings. The first kappa shape index (κ1) is 43.1. The number of fused-ring (bicyclic) bond motifs is 3. The molecule has 4 aliphatic rings. The van der Waals surface area contributed by atoms with Crippen LogP contribution in [0.5, 0.6) is 0 Å². The number of aromatic amines is 1. The van der Waals surface area contributed by atoms with Crippen molar-refractivity contribution in [2.45, 2.75) is 135 Å². The Morgan fingerprint density at radius 3 is 2.35 bits per heavy atom. The van der Waals surface area contributed by atoms with E-state index in [1.165, 1.54) is 75.5 Å². The van der Waals surface area contributed by atoms with Crippen LogP contribution in [-0.4, -0.2) is 50.7 Å². The summed E-state index contributed by atoms with van der Waals surface area (Å²) in [5, 5.41) is 7.69. The first-order valence-electron chi connectivity index (χ1n) is 24.1. The summed E-state index contributed by atoms with van der Waals surface area (Å²) in [7, 11) is 0. The Hall–Kier alpha value is -5.84. The fraction of sp³-hybridized carbons (Fsp3) is 0.481. The Morgan fingerprint density at radius 2 is 1.65 bits per heavy atom. The summed E-state index contributed by atoms with van der Waals surface area (Å²) in [4.78, 5) is 57.0. The van der Waals surface area contributed by atoms with Crippen LogP contribution in [0.3, 0.4) is 0 Å². The summed E-state index contributed by atoms with van der Waals surface area (Å²) in [6, 6.07) is 21.5. The Bertz CT molecular complexity index is 2740. The fourth-order valence-corrected chi connectivity index (χ4v) is 11.5. The molecule has 1 spiro atoms. The molecular weight excluding hydrogens is 811 g/mol. The lowest BCUT2D eigenvalue weighted by molar-refractivity contribution is -0.134. The number of carbonyl (C=O) groups is 3. The maximum atomic E-state index is 13.0. The van der Waals surface area contributed by atoms with Crippen molar-refractivity contribution in [2.75, 3.05) is 18.0 Å². The van der Waals surface area contributed by atoms with Gasteiger partial charge in [0.1, 0.15) is 18.2 Å². The van der Waals surface area contributed by atoms with Crippen LogP contribution >= 0.6 is 0 Å². The average Bonchev–Trinajstić information content (AvgIpc) is 3.94. The minimum absolute atomic E-state index is 0.0753. The second-order valence-electron chi connectivity index (χ2n) is 21.1. The van der Waals surface area contributed by atoms with Crippen LogP contribution in [0.25, 0.3) is 33.2 Å². The molecule has 3 aromatic heterocycles. The molecule has 2 atom stereocenters. The lowest BCUT2D eigenvalue weighted by Crippen LogP contribution is -2.42. The predicted molar refractivity (Wildman–Crippen MR) is 255 cm³/mol. The molecule has 4 fully saturated rings. The van der Waals surface area contributed by atoms with Crippen molar-refractivity contribution in [3.05, 3.63) is 107 Å². The van der Waals surface area contributed by atoms with Crippen LogP contribution in [0.15, 0.2) is 77.7 Å². The highest BCUT2D eigenvalue weighted by Crippen LogP contribution is 2.50. The number of rotatable bonds is 10. The predicted octanol–water partition coefficient (Wildman–Crippen LogP) is 11.1. The summed E-state index contributed by atoms with van der Waals surface area (Å²) in [5.74, 6) is 1.57. The van der Waals surface area contributed by atoms with Crippen molar-refractivity contribution in [1.29, 1.82) is 0 Å². The van der Waals surface area contributed by atoms with E-state index in [1.807, 2.05) is 27.7 Å². The van der Waals surface area contributed by atoms with E-state index in [-0.39, 0.29) is 41.0 Å². The van der Waals surface area contributed by atoms with Crippen molar-refractivity contribution < 1.29 is 18.8 Å². The van der Waals surface area contributed by atoms with Gasteiger partial charge in [-0.1, -0.05) is 76.1 Å². The second kappa shape index (κ2) is 17.2. The molecule has 11 nitrogen and oxygen atoms in total. The Balaban J connectivity index is 0.711. The summed E-state index contributed by atoms with van der Waals surface area (Å²) in [6.07, 6.45) is 17.6. The molecule has 2 aliphatic carbocycles. The molecule has 2 aliphatic heterocycles. The van der Waals surface area contributed by atoms with Crippen molar-refractivity contribution in [3.63, 3.8) is 0 Å². The van der Waals surface area contributed by atoms with E-state index in [1.54, 1.807) is 12.6 Å². The van der Waals surface area contributed by atoms with Gasteiger partial charge < -0.3 is 19.6 Å². The van der Waals surface area contributed by atoms with Crippen molar-refractivity contribution >= 4 is 45.3 Å². The smallest absolute Gasteiger partial charge is 0.307 e. The van der Waals surface area contributed by atoms with Gasteiger partial charge in [-0.05, 0) is 135 Å². The number of hydrogen-bond donors (Lipinski definition) is 3. The van der Waals surface area contributed by atoms with E-state index in [9.17, 15) is 14.4 Å². The summed E-state index contributed by atoms with van der Waals surface area (Å²) in [6.45, 7) is 12.4. The molecule has 3 N–H and O–H groups in total. The monoisotopic (exact) mass is 873 g/mol. The first-order valence-corrected chi connectivity index (χ1v) is 24.1. The molecule has 2 saturated carbocycles. The molecule has 2 saturated heterocycles. The maximum absolute atomic E-state index is 13.0. The topological polar surface area (TPSA) is 146 Å². The van der Waals surface area contributed by atoms with E-state index >= 15 is 0 Å². The van der Waals surface area contributed by atoms with Gasteiger partial charge in [0.05, 0.1) is 28.7 Å². The van der Waals surface area contributed by atoms with Gasteiger partial charge in [0, 0.05) is 47.1 Å². The number of benzene rings is 3. The van der Waals surface area contributed by atoms with Gasteiger partial charge in [-0.15, -0.1) is 0 Å². The molecule has 5 heterocycles. The number of amides is 3. The number of anilines is 1. The van der Waals surface area contributed by atoms with E-state index in [0.717, 1.165) is 80.5 Å². The molecule has 65 heavy (non-hydrogen) atoms. The SMILES string of the molecule is Cc1cc(-c2ncnc3[nH]c4cc(N5CCC6(CCC(CCC7CC(c8ccc([C@H]9CCC(=O)NC9=O)cc8)C7)CC6)CC5)ccc4c23)ccc1[C@@H](C)NC(=O)c1nc(C(C)(C)C)co1. The standard InChI is InChI=1S/C54H63N7O4/c1-32-26-38(12-14-41(32)33(2)57-51(64)52-59-45(30-65-52)53(3,4)5)48-47-43-15-13-40(29-44(43)58-49(47)56-31-55-48)61-24-22-54(23-25-61)20-18-34(19-21-54)6-7-35-27-39(28-35)36-8-10-37(11-9-36)42-16-17-46(62)60-50(42)63/h8-15,26,29-31,33-35,39,42H,6-7,16-25,27-28H2,1-5H3,(H,57,64)(H,55,56,58)(H,60,62,63)/t33-,35?,39?,42-/m1/s1. The van der Waals surface area contributed by atoms with Crippen LogP contribution in [-0.2, 0) is 15.0 Å². The van der Waals surface area contributed by atoms with Crippen LogP contribution in [0.2, 0.25) is 0 Å². The second-order valence-corrected chi connectivity index (χ2v) is 21.1. The Labute approximate surface area is 382 Å². The normalized spacial score (nSPS) is 22.0. The molecule has 338 valence electrons. The van der Waals surface area contributed by atoms with Gasteiger partial charge in [0.2, 0.25) is 11.8 Å². The number of carbonyl (C=O) groups excluding carboxylic acids is 3. The zero-order valence-electron chi connectivity index (χ0n) is 38.6. The van der Waals surface area contributed by atoms with Gasteiger partial charge >= 0.3 is 5.91 Å². The highest BCUT2D eigenvalue weighted by molar-refractivity contribution is 6.12. The fourth-order valence-electron chi connectivity index (χ4n) is 11.5. The third-order valence-electron chi connectivity index (χ3n) is 15.8. The number of oxazole rings is 1. The van der Waals surface area contributed by atoms with Gasteiger partial charge in [0.25, 0.3) is 5.89 Å².